The van der Waals surface area contributed by atoms with Crippen LogP contribution in [0.2, 0.25) is 0 Å². The summed E-state index contributed by atoms with van der Waals surface area (Å²) in [5, 5.41) is 0. The summed E-state index contributed by atoms with van der Waals surface area (Å²) in [5.41, 5.74) is 0.907. The van der Waals surface area contributed by atoms with E-state index in [0.717, 1.165) is 5.56 Å². The fraction of sp³-hybridized carbons (Fsp3) is 0.429. The van der Waals surface area contributed by atoms with Crippen LogP contribution in [0, 0.1) is 0 Å². The summed E-state index contributed by atoms with van der Waals surface area (Å²) in [6, 6.07) is 3.59. The van der Waals surface area contributed by atoms with Crippen molar-refractivity contribution in [3.05, 3.63) is 30.1 Å². The van der Waals surface area contributed by atoms with Crippen LogP contribution < -0.4 is 0 Å². The fourth-order valence-electron chi connectivity index (χ4n) is 2.06. The van der Waals surface area contributed by atoms with E-state index < -0.39 is 5.97 Å². The molecule has 1 aromatic rings. The predicted molar refractivity (Wildman–Crippen MR) is 72.9 cm³/mol. The van der Waals surface area contributed by atoms with E-state index in [-0.39, 0.29) is 38.1 Å². The van der Waals surface area contributed by atoms with E-state index in [1.54, 1.807) is 31.5 Å². The van der Waals surface area contributed by atoms with Crippen molar-refractivity contribution in [1.82, 2.24) is 14.8 Å². The SMILES string of the molecule is CCOC(=O)CN1CC(=O)N(Cc2ccncc2)CC1=O. The molecule has 1 aromatic heterocycles. The largest absolute Gasteiger partial charge is 0.465 e. The first-order chi connectivity index (χ1) is 10.1. The Morgan fingerprint density at radius 1 is 1.19 bits per heavy atom. The van der Waals surface area contributed by atoms with Gasteiger partial charge < -0.3 is 14.5 Å². The van der Waals surface area contributed by atoms with Gasteiger partial charge in [-0.2, -0.15) is 0 Å². The number of rotatable bonds is 5. The Labute approximate surface area is 122 Å². The summed E-state index contributed by atoms with van der Waals surface area (Å²) in [6.45, 7) is 2.01. The van der Waals surface area contributed by atoms with Crippen molar-refractivity contribution in [1.29, 1.82) is 0 Å². The molecule has 1 saturated heterocycles. The molecule has 112 valence electrons. The Kier molecular flexibility index (Phi) is 4.86. The van der Waals surface area contributed by atoms with Gasteiger partial charge in [0.1, 0.15) is 19.6 Å². The smallest absolute Gasteiger partial charge is 0.325 e. The van der Waals surface area contributed by atoms with Crippen LogP contribution in [0.3, 0.4) is 0 Å². The minimum absolute atomic E-state index is 0.0272. The summed E-state index contributed by atoms with van der Waals surface area (Å²) >= 11 is 0. The summed E-state index contributed by atoms with van der Waals surface area (Å²) in [6.07, 6.45) is 3.28. The molecule has 2 amide bonds. The van der Waals surface area contributed by atoms with Crippen molar-refractivity contribution in [3.63, 3.8) is 0 Å². The van der Waals surface area contributed by atoms with Crippen molar-refractivity contribution >= 4 is 17.8 Å². The third kappa shape index (κ3) is 4.01. The molecule has 0 aliphatic carbocycles. The monoisotopic (exact) mass is 291 g/mol. The summed E-state index contributed by atoms with van der Waals surface area (Å²) in [7, 11) is 0. The molecule has 0 spiro atoms. The van der Waals surface area contributed by atoms with Gasteiger partial charge in [0, 0.05) is 18.9 Å². The normalized spacial score (nSPS) is 15.3. The zero-order valence-electron chi connectivity index (χ0n) is 11.8. The van der Waals surface area contributed by atoms with Gasteiger partial charge in [-0.3, -0.25) is 19.4 Å². The van der Waals surface area contributed by atoms with Gasteiger partial charge in [-0.1, -0.05) is 0 Å². The maximum absolute atomic E-state index is 12.1. The first kappa shape index (κ1) is 15.0. The lowest BCUT2D eigenvalue weighted by atomic mass is 10.2. The molecule has 0 atom stereocenters. The molecule has 2 rings (SSSR count). The molecule has 7 heteroatoms. The van der Waals surface area contributed by atoms with E-state index in [1.807, 2.05) is 0 Å². The van der Waals surface area contributed by atoms with Crippen LogP contribution in [0.4, 0.5) is 0 Å². The number of esters is 1. The number of carbonyl (C=O) groups excluding carboxylic acids is 3. The highest BCUT2D eigenvalue weighted by Gasteiger charge is 2.31. The molecule has 0 saturated carbocycles. The molecule has 0 radical (unpaired) electrons. The molecule has 0 bridgehead atoms. The first-order valence-electron chi connectivity index (χ1n) is 6.70. The second kappa shape index (κ2) is 6.83. The lowest BCUT2D eigenvalue weighted by Gasteiger charge is -2.33. The molecule has 0 N–H and O–H groups in total. The van der Waals surface area contributed by atoms with Crippen molar-refractivity contribution in [3.8, 4) is 0 Å². The predicted octanol–water partition coefficient (Wildman–Crippen LogP) is -0.185. The van der Waals surface area contributed by atoms with Gasteiger partial charge in [-0.15, -0.1) is 0 Å². The summed E-state index contributed by atoms with van der Waals surface area (Å²) in [5.74, 6) is -0.936. The maximum atomic E-state index is 12.1. The minimum Gasteiger partial charge on any atom is -0.465 e. The van der Waals surface area contributed by atoms with Crippen LogP contribution in [0.5, 0.6) is 0 Å². The number of amides is 2. The van der Waals surface area contributed by atoms with Crippen molar-refractivity contribution < 1.29 is 19.1 Å². The number of aromatic nitrogens is 1. The standard InChI is InChI=1S/C14H17N3O4/c1-2-21-14(20)10-17-9-12(18)16(8-13(17)19)7-11-3-5-15-6-4-11/h3-6H,2,7-10H2,1H3. The van der Waals surface area contributed by atoms with Crippen LogP contribution in [-0.4, -0.2) is 58.8 Å². The first-order valence-corrected chi connectivity index (χ1v) is 6.70. The Hall–Kier alpha value is -2.44. The number of hydrogen-bond donors (Lipinski definition) is 0. The van der Waals surface area contributed by atoms with Gasteiger partial charge in [-0.05, 0) is 24.6 Å². The molecule has 0 aromatic carbocycles. The highest BCUT2D eigenvalue weighted by molar-refractivity contribution is 5.94. The number of carbonyl (C=O) groups is 3. The van der Waals surface area contributed by atoms with Crippen molar-refractivity contribution in [2.24, 2.45) is 0 Å². The maximum Gasteiger partial charge on any atom is 0.325 e. The van der Waals surface area contributed by atoms with Gasteiger partial charge in [0.05, 0.1) is 6.61 Å². The van der Waals surface area contributed by atoms with Crippen LogP contribution in [-0.2, 0) is 25.7 Å². The average molecular weight is 291 g/mol. The van der Waals surface area contributed by atoms with E-state index in [9.17, 15) is 14.4 Å². The van der Waals surface area contributed by atoms with Gasteiger partial charge in [0.2, 0.25) is 11.8 Å². The van der Waals surface area contributed by atoms with E-state index in [1.165, 1.54) is 9.80 Å². The molecule has 0 unspecified atom stereocenters. The van der Waals surface area contributed by atoms with Gasteiger partial charge in [-0.25, -0.2) is 0 Å². The molecular weight excluding hydrogens is 274 g/mol. The second-order valence-electron chi connectivity index (χ2n) is 4.66. The lowest BCUT2D eigenvalue weighted by molar-refractivity contribution is -0.156. The van der Waals surface area contributed by atoms with Crippen molar-refractivity contribution in [2.75, 3.05) is 26.2 Å². The highest BCUT2D eigenvalue weighted by atomic mass is 16.5. The highest BCUT2D eigenvalue weighted by Crippen LogP contribution is 2.10. The number of pyridine rings is 1. The summed E-state index contributed by atoms with van der Waals surface area (Å²) in [4.78, 5) is 42.0. The van der Waals surface area contributed by atoms with E-state index in [2.05, 4.69) is 4.98 Å². The quantitative estimate of drug-likeness (QED) is 0.703. The molecule has 2 heterocycles. The third-order valence-electron chi connectivity index (χ3n) is 3.11. The van der Waals surface area contributed by atoms with E-state index in [0.29, 0.717) is 6.54 Å². The topological polar surface area (TPSA) is 79.8 Å². The number of nitrogens with zero attached hydrogens (tertiary/aromatic N) is 3. The van der Waals surface area contributed by atoms with Crippen LogP contribution in [0.25, 0.3) is 0 Å². The second-order valence-corrected chi connectivity index (χ2v) is 4.66. The van der Waals surface area contributed by atoms with E-state index in [4.69, 9.17) is 4.74 Å². The number of piperazine rings is 1. The minimum atomic E-state index is -0.499. The third-order valence-corrected chi connectivity index (χ3v) is 3.11. The zero-order valence-corrected chi connectivity index (χ0v) is 11.8. The number of ether oxygens (including phenoxy) is 1. The van der Waals surface area contributed by atoms with Crippen LogP contribution in [0.15, 0.2) is 24.5 Å². The molecular formula is C14H17N3O4. The Morgan fingerprint density at radius 2 is 1.81 bits per heavy atom. The Morgan fingerprint density at radius 3 is 2.48 bits per heavy atom. The Balaban J connectivity index is 1.94. The van der Waals surface area contributed by atoms with Crippen LogP contribution >= 0.6 is 0 Å². The van der Waals surface area contributed by atoms with Gasteiger partial charge >= 0.3 is 5.97 Å². The fourth-order valence-corrected chi connectivity index (χ4v) is 2.06. The van der Waals surface area contributed by atoms with Gasteiger partial charge in [0.25, 0.3) is 0 Å². The van der Waals surface area contributed by atoms with Gasteiger partial charge in [0.15, 0.2) is 0 Å². The molecule has 7 nitrogen and oxygen atoms in total. The van der Waals surface area contributed by atoms with Crippen molar-refractivity contribution in [2.45, 2.75) is 13.5 Å². The molecule has 21 heavy (non-hydrogen) atoms. The molecule has 1 fully saturated rings. The van der Waals surface area contributed by atoms with E-state index >= 15 is 0 Å². The lowest BCUT2D eigenvalue weighted by Crippen LogP contribution is -2.54. The van der Waals surface area contributed by atoms with Crippen LogP contribution in [0.1, 0.15) is 12.5 Å². The zero-order chi connectivity index (χ0) is 15.2. The number of hydrogen-bond acceptors (Lipinski definition) is 5. The Bertz CT molecular complexity index is 532. The average Bonchev–Trinajstić information content (AvgIpc) is 2.45. The summed E-state index contributed by atoms with van der Waals surface area (Å²) < 4.78 is 4.79. The molecule has 1 aliphatic heterocycles. The molecule has 1 aliphatic rings.